The van der Waals surface area contributed by atoms with Crippen LogP contribution in [0.5, 0.6) is 0 Å². The Morgan fingerprint density at radius 3 is 0.615 bits per heavy atom. The summed E-state index contributed by atoms with van der Waals surface area (Å²) in [6, 6.07) is 0. The number of carboxylic acid groups (broad SMARTS) is 5. The molecule has 0 amide bonds. The highest BCUT2D eigenvalue weighted by Crippen LogP contribution is 2.42. The van der Waals surface area contributed by atoms with Gasteiger partial charge in [0.25, 0.3) is 0 Å². The average molecular weight is 1350 g/mol. The van der Waals surface area contributed by atoms with E-state index >= 15 is 0 Å². The van der Waals surface area contributed by atoms with Gasteiger partial charge in [0.05, 0.1) is 25.7 Å². The molecule has 0 aliphatic heterocycles. The molecule has 0 saturated heterocycles. The number of carboxylic acids is 5. The number of hydrogen-bond donors (Lipinski definition) is 6. The number of carbonyl (C=O) groups excluding carboxylic acids is 1. The first-order valence-corrected chi connectivity index (χ1v) is 40.6. The van der Waals surface area contributed by atoms with Gasteiger partial charge in [-0.2, -0.15) is 23.5 Å². The first-order valence-electron chi connectivity index (χ1n) is 38.2. The van der Waals surface area contributed by atoms with Crippen LogP contribution in [0.1, 0.15) is 413 Å². The Morgan fingerprint density at radius 2 is 0.462 bits per heavy atom. The fraction of sp³-hybridized carbons (Fsp3) is 0.921. The maximum Gasteiger partial charge on any atom is 0.329 e. The number of rotatable bonds is 72. The number of aliphatic carboxylic acids is 5. The third kappa shape index (κ3) is 76.9. The predicted molar refractivity (Wildman–Crippen MR) is 393 cm³/mol. The molecule has 91 heavy (non-hydrogen) atoms. The second kappa shape index (κ2) is 73.8. The molecule has 0 fully saturated rings. The van der Waals surface area contributed by atoms with Gasteiger partial charge in [0.15, 0.2) is 0 Å². The van der Waals surface area contributed by atoms with Gasteiger partial charge in [0.1, 0.15) is 13.2 Å². The van der Waals surface area contributed by atoms with Crippen molar-refractivity contribution in [2.24, 2.45) is 0 Å². The van der Waals surface area contributed by atoms with Crippen LogP contribution < -0.4 is 0 Å². The molecule has 0 rings (SSSR count). The van der Waals surface area contributed by atoms with Crippen LogP contribution in [0.15, 0.2) is 0 Å². The van der Waals surface area contributed by atoms with E-state index in [-0.39, 0.29) is 41.8 Å². The van der Waals surface area contributed by atoms with Crippen molar-refractivity contribution in [1.82, 2.24) is 0 Å². The standard InChI is InChI=1S/C42H82O4S.C30H58O4S.C4H6O4S/c1-3-5-7-9-11-13-15-17-19-21-23-25-27-29-31-33-36-42(39-41(45)46,47-38-35-40(43)44)37-34-32-30-28-26-24-22-20-18-16-14-12-10-8-6-4-2;1-3-5-7-9-11-13-15-17-19-21-24-30(27-29(33)34,35-26-23-28(31)32)25-22-20-18-16-14-12-10-8-6-4-2;5-3(6)1-8-2-4(7)9/h3-39H2,1-2H3,(H,43,44)(H,45,46);3-27H2,1-2H3,(H,31,32)(H,33,34);1-2H2,(H,5,6)(H,7,9). The highest BCUT2D eigenvalue weighted by molar-refractivity contribution is 8.01. The third-order valence-corrected chi connectivity index (χ3v) is 21.1. The van der Waals surface area contributed by atoms with Gasteiger partial charge in [-0.25, -0.2) is 4.79 Å². The summed E-state index contributed by atoms with van der Waals surface area (Å²) < 4.78 is 3.71. The lowest BCUT2D eigenvalue weighted by atomic mass is 9.90. The number of carbonyl (C=O) groups is 6. The van der Waals surface area contributed by atoms with E-state index in [0.717, 1.165) is 77.0 Å². The zero-order valence-electron chi connectivity index (χ0n) is 59.6. The Kier molecular flexibility index (Phi) is 75.6. The smallest absolute Gasteiger partial charge is 0.329 e. The monoisotopic (exact) mass is 1350 g/mol. The van der Waals surface area contributed by atoms with Crippen molar-refractivity contribution in [2.45, 2.75) is 422 Å². The van der Waals surface area contributed by atoms with Crippen LogP contribution in [0, 0.1) is 0 Å². The number of ether oxygens (including phenoxy) is 1. The van der Waals surface area contributed by atoms with Crippen molar-refractivity contribution >= 4 is 71.1 Å². The van der Waals surface area contributed by atoms with E-state index in [9.17, 15) is 44.1 Å². The van der Waals surface area contributed by atoms with Gasteiger partial charge in [-0.3, -0.25) is 24.0 Å². The topological polar surface area (TPSA) is 213 Å². The van der Waals surface area contributed by atoms with E-state index in [1.54, 1.807) is 23.5 Å². The highest BCUT2D eigenvalue weighted by Gasteiger charge is 2.34. The molecule has 5 N–H and O–H groups in total. The molecule has 0 aromatic heterocycles. The van der Waals surface area contributed by atoms with Gasteiger partial charge in [0.2, 0.25) is 5.12 Å². The lowest BCUT2D eigenvalue weighted by Crippen LogP contribution is -2.29. The van der Waals surface area contributed by atoms with E-state index in [1.807, 2.05) is 0 Å². The maximum atomic E-state index is 11.9. The average Bonchev–Trinajstić information content (AvgIpc) is 2.87. The van der Waals surface area contributed by atoms with Crippen LogP contribution >= 0.6 is 36.2 Å². The summed E-state index contributed by atoms with van der Waals surface area (Å²) in [5.41, 5.74) is 0. The van der Waals surface area contributed by atoms with Gasteiger partial charge in [-0.15, -0.1) is 12.6 Å². The summed E-state index contributed by atoms with van der Waals surface area (Å²) in [6.45, 7) is 8.36. The molecule has 0 heterocycles. The third-order valence-electron chi connectivity index (χ3n) is 17.8. The van der Waals surface area contributed by atoms with Gasteiger partial charge < -0.3 is 30.3 Å². The van der Waals surface area contributed by atoms with Crippen LogP contribution in [0.25, 0.3) is 0 Å². The molecule has 0 unspecified atom stereocenters. The predicted octanol–water partition coefficient (Wildman–Crippen LogP) is 24.3. The lowest BCUT2D eigenvalue weighted by Gasteiger charge is -2.32. The zero-order valence-corrected chi connectivity index (χ0v) is 62.1. The van der Waals surface area contributed by atoms with E-state index in [4.69, 9.17) is 10.2 Å². The van der Waals surface area contributed by atoms with E-state index in [0.29, 0.717) is 11.5 Å². The van der Waals surface area contributed by atoms with Gasteiger partial charge in [0, 0.05) is 21.0 Å². The molecular formula is C76H146O12S3. The Labute approximate surface area is 574 Å². The Bertz CT molecular complexity index is 1540. The Hall–Kier alpha value is -1.97. The first-order chi connectivity index (χ1) is 44.0. The number of unbranched alkanes of at least 4 members (excludes halogenated alkanes) is 48. The zero-order chi connectivity index (χ0) is 67.8. The molecule has 12 nitrogen and oxygen atoms in total. The van der Waals surface area contributed by atoms with E-state index in [1.165, 1.54) is 283 Å². The minimum atomic E-state index is -1.09. The summed E-state index contributed by atoms with van der Waals surface area (Å²) in [4.78, 5) is 65.6. The molecule has 0 aromatic carbocycles. The number of hydrogen-bond acceptors (Lipinski definition) is 9. The Balaban J connectivity index is -0.00000154. The second-order valence-corrected chi connectivity index (χ2v) is 30.4. The molecule has 0 aromatic rings. The van der Waals surface area contributed by atoms with Crippen LogP contribution in [-0.2, 0) is 33.5 Å². The lowest BCUT2D eigenvalue weighted by molar-refractivity contribution is -0.143. The SMILES string of the molecule is CCCCCCCCCCCCC(CCCCCCCCCCCC)(CC(=O)O)SCCC(=O)O.CCCCCCCCCCCCCCCCCCC(CCCCCCCCCCCCCCCCCC)(CC(=O)O)SCCC(=O)O.O=C(O)COCC(=O)S. The molecule has 0 spiro atoms. The summed E-state index contributed by atoms with van der Waals surface area (Å²) in [7, 11) is 0. The van der Waals surface area contributed by atoms with Gasteiger partial charge >= 0.3 is 29.8 Å². The maximum absolute atomic E-state index is 11.9. The van der Waals surface area contributed by atoms with E-state index in [2.05, 4.69) is 45.1 Å². The Morgan fingerprint density at radius 1 is 0.275 bits per heavy atom. The van der Waals surface area contributed by atoms with E-state index < -0.39 is 41.6 Å². The van der Waals surface area contributed by atoms with Crippen molar-refractivity contribution < 1.29 is 59.0 Å². The van der Waals surface area contributed by atoms with Crippen LogP contribution in [-0.4, -0.2) is 94.7 Å². The number of thioether (sulfide) groups is 2. The van der Waals surface area contributed by atoms with Gasteiger partial charge in [-0.05, 0) is 25.7 Å². The fourth-order valence-electron chi connectivity index (χ4n) is 12.3. The van der Waals surface area contributed by atoms with Crippen molar-refractivity contribution in [1.29, 1.82) is 0 Å². The first kappa shape index (κ1) is 93.2. The molecule has 540 valence electrons. The minimum Gasteiger partial charge on any atom is -0.481 e. The second-order valence-electron chi connectivity index (χ2n) is 26.7. The molecule has 0 aliphatic carbocycles. The molecular weight excluding hydrogens is 1200 g/mol. The number of thiol groups is 1. The molecule has 0 aliphatic rings. The molecule has 0 atom stereocenters. The summed E-state index contributed by atoms with van der Waals surface area (Å²) in [6.07, 6.45) is 72.5. The fourth-order valence-corrected chi connectivity index (χ4v) is 15.5. The molecule has 0 radical (unpaired) electrons. The molecule has 0 saturated carbocycles. The highest BCUT2D eigenvalue weighted by atomic mass is 32.2. The van der Waals surface area contributed by atoms with Crippen molar-refractivity contribution in [3.63, 3.8) is 0 Å². The summed E-state index contributed by atoms with van der Waals surface area (Å²) in [5.74, 6) is -3.12. The van der Waals surface area contributed by atoms with Crippen molar-refractivity contribution in [3.8, 4) is 0 Å². The summed E-state index contributed by atoms with van der Waals surface area (Å²) in [5, 5.41) is 45.2. The van der Waals surface area contributed by atoms with Crippen LogP contribution in [0.4, 0.5) is 0 Å². The summed E-state index contributed by atoms with van der Waals surface area (Å²) >= 11 is 6.61. The molecule has 0 bridgehead atoms. The quantitative estimate of drug-likeness (QED) is 0.0247. The minimum absolute atomic E-state index is 0.113. The van der Waals surface area contributed by atoms with Crippen LogP contribution in [0.2, 0.25) is 0 Å². The van der Waals surface area contributed by atoms with Crippen molar-refractivity contribution in [3.05, 3.63) is 0 Å². The van der Waals surface area contributed by atoms with Crippen molar-refractivity contribution in [2.75, 3.05) is 24.7 Å². The normalized spacial score (nSPS) is 11.5. The van der Waals surface area contributed by atoms with Gasteiger partial charge in [-0.1, -0.05) is 362 Å². The van der Waals surface area contributed by atoms with Crippen LogP contribution in [0.3, 0.4) is 0 Å². The largest absolute Gasteiger partial charge is 0.481 e. The molecule has 15 heteroatoms.